The van der Waals surface area contributed by atoms with E-state index in [9.17, 15) is 8.42 Å². The zero-order valence-electron chi connectivity index (χ0n) is 16.7. The maximum absolute atomic E-state index is 12.7. The average Bonchev–Trinajstić information content (AvgIpc) is 3.20. The highest BCUT2D eigenvalue weighted by atomic mass is 32.2. The predicted molar refractivity (Wildman–Crippen MR) is 109 cm³/mol. The molecule has 1 saturated carbocycles. The van der Waals surface area contributed by atoms with Gasteiger partial charge in [-0.05, 0) is 81.8 Å². The van der Waals surface area contributed by atoms with E-state index < -0.39 is 10.0 Å². The lowest BCUT2D eigenvalue weighted by atomic mass is 9.96. The Balaban J connectivity index is 1.50. The highest BCUT2D eigenvalue weighted by molar-refractivity contribution is 7.89. The van der Waals surface area contributed by atoms with Crippen LogP contribution in [0.25, 0.3) is 0 Å². The molecule has 1 heterocycles. The van der Waals surface area contributed by atoms with E-state index in [1.165, 1.54) is 25.7 Å². The smallest absolute Gasteiger partial charge is 0.240 e. The molecule has 0 spiro atoms. The van der Waals surface area contributed by atoms with Crippen molar-refractivity contribution in [1.29, 1.82) is 0 Å². The van der Waals surface area contributed by atoms with Crippen molar-refractivity contribution in [3.05, 3.63) is 23.8 Å². The predicted octanol–water partition coefficient (Wildman–Crippen LogP) is 3.72. The summed E-state index contributed by atoms with van der Waals surface area (Å²) in [6.07, 6.45) is 8.52. The van der Waals surface area contributed by atoms with Crippen LogP contribution in [-0.4, -0.2) is 45.6 Å². The van der Waals surface area contributed by atoms with Gasteiger partial charge in [0.05, 0.1) is 11.5 Å². The van der Waals surface area contributed by atoms with E-state index in [1.54, 1.807) is 18.2 Å². The highest BCUT2D eigenvalue weighted by Gasteiger charge is 2.27. The molecule has 3 rings (SSSR count). The quantitative estimate of drug-likeness (QED) is 0.730. The van der Waals surface area contributed by atoms with E-state index in [1.807, 2.05) is 6.92 Å². The number of hydrogen-bond donors (Lipinski definition) is 1. The summed E-state index contributed by atoms with van der Waals surface area (Å²) in [5.74, 6) is 1.20. The SMILES string of the molecule is CCCOc1ccc(S(=O)(=O)NCC2CCN(C3CCCC3)CC2)cc1C. The van der Waals surface area contributed by atoms with Crippen molar-refractivity contribution in [1.82, 2.24) is 9.62 Å². The van der Waals surface area contributed by atoms with Gasteiger partial charge in [0.25, 0.3) is 0 Å². The molecule has 0 bridgehead atoms. The minimum absolute atomic E-state index is 0.326. The van der Waals surface area contributed by atoms with Gasteiger partial charge in [-0.2, -0.15) is 0 Å². The number of ether oxygens (including phenoxy) is 1. The topological polar surface area (TPSA) is 58.6 Å². The Bertz CT molecular complexity index is 706. The van der Waals surface area contributed by atoms with Crippen molar-refractivity contribution in [2.75, 3.05) is 26.2 Å². The molecule has 27 heavy (non-hydrogen) atoms. The number of hydrogen-bond acceptors (Lipinski definition) is 4. The fourth-order valence-corrected chi connectivity index (χ4v) is 5.47. The lowest BCUT2D eigenvalue weighted by Gasteiger charge is -2.36. The first-order valence-electron chi connectivity index (χ1n) is 10.5. The molecular weight excluding hydrogens is 360 g/mol. The Morgan fingerprint density at radius 3 is 2.48 bits per heavy atom. The second kappa shape index (κ2) is 9.39. The number of benzene rings is 1. The molecule has 0 amide bonds. The fraction of sp³-hybridized carbons (Fsp3) is 0.714. The fourth-order valence-electron chi connectivity index (χ4n) is 4.27. The molecule has 6 heteroatoms. The molecule has 1 aliphatic heterocycles. The van der Waals surface area contributed by atoms with Crippen molar-refractivity contribution in [3.8, 4) is 5.75 Å². The first-order chi connectivity index (χ1) is 13.0. The van der Waals surface area contributed by atoms with Gasteiger partial charge in [0.1, 0.15) is 5.75 Å². The van der Waals surface area contributed by atoms with Gasteiger partial charge in [0.15, 0.2) is 0 Å². The van der Waals surface area contributed by atoms with Crippen LogP contribution in [0.2, 0.25) is 0 Å². The van der Waals surface area contributed by atoms with Crippen molar-refractivity contribution < 1.29 is 13.2 Å². The molecule has 0 unspecified atom stereocenters. The number of aryl methyl sites for hydroxylation is 1. The summed E-state index contributed by atoms with van der Waals surface area (Å²) < 4.78 is 33.8. The highest BCUT2D eigenvalue weighted by Crippen LogP contribution is 2.28. The summed E-state index contributed by atoms with van der Waals surface area (Å²) in [5.41, 5.74) is 0.858. The van der Waals surface area contributed by atoms with Crippen LogP contribution in [0.4, 0.5) is 0 Å². The molecule has 1 aliphatic carbocycles. The molecule has 0 radical (unpaired) electrons. The van der Waals surface area contributed by atoms with Gasteiger partial charge in [-0.25, -0.2) is 13.1 Å². The van der Waals surface area contributed by atoms with Crippen molar-refractivity contribution in [2.45, 2.75) is 69.7 Å². The Hall–Kier alpha value is -1.11. The summed E-state index contributed by atoms with van der Waals surface area (Å²) in [5, 5.41) is 0. The van der Waals surface area contributed by atoms with Gasteiger partial charge >= 0.3 is 0 Å². The van der Waals surface area contributed by atoms with Crippen LogP contribution in [-0.2, 0) is 10.0 Å². The van der Waals surface area contributed by atoms with Crippen LogP contribution in [0.5, 0.6) is 5.75 Å². The second-order valence-electron chi connectivity index (χ2n) is 8.05. The van der Waals surface area contributed by atoms with E-state index in [0.29, 0.717) is 24.0 Å². The monoisotopic (exact) mass is 394 g/mol. The van der Waals surface area contributed by atoms with Gasteiger partial charge in [-0.15, -0.1) is 0 Å². The number of sulfonamides is 1. The van der Waals surface area contributed by atoms with Crippen LogP contribution < -0.4 is 9.46 Å². The molecule has 152 valence electrons. The zero-order chi connectivity index (χ0) is 19.3. The maximum Gasteiger partial charge on any atom is 0.240 e. The van der Waals surface area contributed by atoms with E-state index >= 15 is 0 Å². The van der Waals surface area contributed by atoms with Gasteiger partial charge in [-0.1, -0.05) is 19.8 Å². The lowest BCUT2D eigenvalue weighted by molar-refractivity contribution is 0.135. The molecule has 1 aromatic rings. The van der Waals surface area contributed by atoms with Crippen LogP contribution >= 0.6 is 0 Å². The third-order valence-electron chi connectivity index (χ3n) is 5.97. The third kappa shape index (κ3) is 5.46. The number of nitrogens with zero attached hydrogens (tertiary/aromatic N) is 1. The minimum Gasteiger partial charge on any atom is -0.493 e. The largest absolute Gasteiger partial charge is 0.493 e. The molecule has 1 aromatic carbocycles. The van der Waals surface area contributed by atoms with Gasteiger partial charge < -0.3 is 9.64 Å². The van der Waals surface area contributed by atoms with Crippen molar-refractivity contribution in [3.63, 3.8) is 0 Å². The molecule has 0 aromatic heterocycles. The Morgan fingerprint density at radius 1 is 1.15 bits per heavy atom. The minimum atomic E-state index is -3.47. The normalized spacial score (nSPS) is 20.2. The molecule has 1 N–H and O–H groups in total. The van der Waals surface area contributed by atoms with E-state index in [2.05, 4.69) is 16.5 Å². The zero-order valence-corrected chi connectivity index (χ0v) is 17.6. The molecule has 5 nitrogen and oxygen atoms in total. The first-order valence-corrected chi connectivity index (χ1v) is 11.9. The summed E-state index contributed by atoms with van der Waals surface area (Å²) in [4.78, 5) is 2.95. The van der Waals surface area contributed by atoms with Crippen LogP contribution in [0.1, 0.15) is 57.4 Å². The Morgan fingerprint density at radius 2 is 1.85 bits per heavy atom. The second-order valence-corrected chi connectivity index (χ2v) is 9.81. The summed E-state index contributed by atoms with van der Waals surface area (Å²) in [7, 11) is -3.47. The number of piperidine rings is 1. The standard InChI is InChI=1S/C21H34N2O3S/c1-3-14-26-21-9-8-20(15-17(21)2)27(24,25)22-16-18-10-12-23(13-11-18)19-6-4-5-7-19/h8-9,15,18-19,22H,3-7,10-14,16H2,1-2H3. The van der Waals surface area contributed by atoms with Gasteiger partial charge in [0.2, 0.25) is 10.0 Å². The average molecular weight is 395 g/mol. The van der Waals surface area contributed by atoms with Crippen LogP contribution in [0, 0.1) is 12.8 Å². The third-order valence-corrected chi connectivity index (χ3v) is 7.39. The lowest BCUT2D eigenvalue weighted by Crippen LogP contribution is -2.42. The van der Waals surface area contributed by atoms with E-state index in [-0.39, 0.29) is 0 Å². The van der Waals surface area contributed by atoms with Crippen molar-refractivity contribution >= 4 is 10.0 Å². The summed E-state index contributed by atoms with van der Waals surface area (Å²) in [6, 6.07) is 5.89. The van der Waals surface area contributed by atoms with Crippen LogP contribution in [0.15, 0.2) is 23.1 Å². The van der Waals surface area contributed by atoms with Crippen LogP contribution in [0.3, 0.4) is 0 Å². The Kier molecular flexibility index (Phi) is 7.17. The number of nitrogens with one attached hydrogen (secondary N) is 1. The number of likely N-dealkylation sites (tertiary alicyclic amines) is 1. The first kappa shape index (κ1) is 20.6. The van der Waals surface area contributed by atoms with E-state index in [0.717, 1.165) is 49.7 Å². The molecule has 2 fully saturated rings. The molecular formula is C21H34N2O3S. The molecule has 1 saturated heterocycles. The molecule has 2 aliphatic rings. The summed E-state index contributed by atoms with van der Waals surface area (Å²) >= 11 is 0. The maximum atomic E-state index is 12.7. The van der Waals surface area contributed by atoms with Crippen molar-refractivity contribution in [2.24, 2.45) is 5.92 Å². The summed E-state index contributed by atoms with van der Waals surface area (Å²) in [6.45, 7) is 7.34. The molecule has 0 atom stereocenters. The van der Waals surface area contributed by atoms with Gasteiger partial charge in [0, 0.05) is 12.6 Å². The van der Waals surface area contributed by atoms with Gasteiger partial charge in [-0.3, -0.25) is 0 Å². The van der Waals surface area contributed by atoms with E-state index in [4.69, 9.17) is 4.74 Å². The Labute approximate surface area is 164 Å². The number of rotatable bonds is 8.